The van der Waals surface area contributed by atoms with Crippen molar-refractivity contribution in [1.82, 2.24) is 14.7 Å². The van der Waals surface area contributed by atoms with Crippen molar-refractivity contribution in [3.63, 3.8) is 0 Å². The van der Waals surface area contributed by atoms with Crippen molar-refractivity contribution in [2.45, 2.75) is 18.8 Å². The Bertz CT molecular complexity index is 659. The smallest absolute Gasteiger partial charge is 0.216 e. The summed E-state index contributed by atoms with van der Waals surface area (Å²) in [4.78, 5) is 7.74. The summed E-state index contributed by atoms with van der Waals surface area (Å²) in [6, 6.07) is 8.90. The van der Waals surface area contributed by atoms with Gasteiger partial charge in [-0.2, -0.15) is 0 Å². The Hall–Kier alpha value is -1.83. The number of nitrogens with two attached hydrogens (primary N) is 1. The second kappa shape index (κ2) is 6.56. The number of hydrogen-bond donors (Lipinski definition) is 2. The van der Waals surface area contributed by atoms with Crippen molar-refractivity contribution in [3.8, 4) is 0 Å². The summed E-state index contributed by atoms with van der Waals surface area (Å²) in [6.45, 7) is 0.466. The summed E-state index contributed by atoms with van der Waals surface area (Å²) in [5.74, 6) is -0.0918. The topological polar surface area (TPSA) is 98.0 Å². The van der Waals surface area contributed by atoms with Crippen LogP contribution in [0.5, 0.6) is 0 Å². The molecule has 0 saturated carbocycles. The van der Waals surface area contributed by atoms with Crippen LogP contribution in [0.4, 0.5) is 0 Å². The largest absolute Gasteiger partial charge is 0.326 e. The molecule has 106 valence electrons. The summed E-state index contributed by atoms with van der Waals surface area (Å²) in [7, 11) is -3.43. The molecule has 0 aliphatic heterocycles. The van der Waals surface area contributed by atoms with Crippen LogP contribution in [-0.4, -0.2) is 18.4 Å². The van der Waals surface area contributed by atoms with Gasteiger partial charge in [0, 0.05) is 12.7 Å². The average Bonchev–Trinajstić information content (AvgIpc) is 2.47. The fourth-order valence-corrected chi connectivity index (χ4v) is 2.92. The molecule has 0 radical (unpaired) electrons. The molecule has 7 heteroatoms. The lowest BCUT2D eigenvalue weighted by Crippen LogP contribution is -2.25. The monoisotopic (exact) mass is 292 g/mol. The van der Waals surface area contributed by atoms with Gasteiger partial charge in [0.1, 0.15) is 6.33 Å². The minimum absolute atomic E-state index is 0.0918. The highest BCUT2D eigenvalue weighted by Gasteiger charge is 2.13. The number of nitrogens with one attached hydrogen (secondary N) is 1. The molecule has 6 nitrogen and oxygen atoms in total. The third-order valence-corrected chi connectivity index (χ3v) is 4.08. The van der Waals surface area contributed by atoms with Crippen LogP contribution in [0.25, 0.3) is 0 Å². The Labute approximate surface area is 118 Å². The van der Waals surface area contributed by atoms with Crippen molar-refractivity contribution >= 4 is 10.0 Å². The van der Waals surface area contributed by atoms with E-state index in [1.54, 1.807) is 24.4 Å². The SMILES string of the molecule is NCc1ccccc1CS(=O)(=O)NCc1ccncn1. The lowest BCUT2D eigenvalue weighted by atomic mass is 10.1. The Morgan fingerprint density at radius 3 is 2.55 bits per heavy atom. The normalized spacial score (nSPS) is 11.4. The van der Waals surface area contributed by atoms with Crippen LogP contribution in [-0.2, 0) is 28.9 Å². The maximum absolute atomic E-state index is 12.0. The lowest BCUT2D eigenvalue weighted by molar-refractivity contribution is 0.579. The molecule has 0 aliphatic rings. The molecular formula is C13H16N4O2S. The Balaban J connectivity index is 2.04. The van der Waals surface area contributed by atoms with Gasteiger partial charge in [0.2, 0.25) is 10.0 Å². The third kappa shape index (κ3) is 4.09. The van der Waals surface area contributed by atoms with Gasteiger partial charge < -0.3 is 5.73 Å². The molecule has 1 aromatic carbocycles. The Kier molecular flexibility index (Phi) is 4.78. The zero-order valence-corrected chi connectivity index (χ0v) is 11.7. The summed E-state index contributed by atoms with van der Waals surface area (Å²) in [6.07, 6.45) is 2.95. The van der Waals surface area contributed by atoms with E-state index < -0.39 is 10.0 Å². The summed E-state index contributed by atoms with van der Waals surface area (Å²) < 4.78 is 26.6. The molecule has 0 amide bonds. The number of hydrogen-bond acceptors (Lipinski definition) is 5. The summed E-state index contributed by atoms with van der Waals surface area (Å²) in [5.41, 5.74) is 7.77. The minimum atomic E-state index is -3.43. The molecule has 0 saturated heterocycles. The first-order valence-corrected chi connectivity index (χ1v) is 7.75. The van der Waals surface area contributed by atoms with E-state index in [9.17, 15) is 8.42 Å². The number of benzene rings is 1. The van der Waals surface area contributed by atoms with Crippen LogP contribution in [0.3, 0.4) is 0 Å². The average molecular weight is 292 g/mol. The van der Waals surface area contributed by atoms with E-state index in [1.807, 2.05) is 12.1 Å². The Morgan fingerprint density at radius 1 is 1.15 bits per heavy atom. The standard InChI is InChI=1S/C13H16N4O2S/c14-7-11-3-1-2-4-12(11)9-20(18,19)17-8-13-5-6-15-10-16-13/h1-6,10,17H,7-9,14H2. The van der Waals surface area contributed by atoms with Crippen molar-refractivity contribution in [2.24, 2.45) is 5.73 Å². The number of nitrogens with zero attached hydrogens (tertiary/aromatic N) is 2. The molecule has 1 heterocycles. The first kappa shape index (κ1) is 14.6. The zero-order valence-electron chi connectivity index (χ0n) is 10.9. The van der Waals surface area contributed by atoms with Gasteiger partial charge >= 0.3 is 0 Å². The molecule has 0 atom stereocenters. The van der Waals surface area contributed by atoms with Crippen LogP contribution < -0.4 is 10.5 Å². The van der Waals surface area contributed by atoms with Gasteiger partial charge in [0.05, 0.1) is 18.0 Å². The van der Waals surface area contributed by atoms with Gasteiger partial charge in [-0.05, 0) is 17.2 Å². The quantitative estimate of drug-likeness (QED) is 0.810. The molecule has 3 N–H and O–H groups in total. The zero-order chi connectivity index (χ0) is 14.4. The van der Waals surface area contributed by atoms with Crippen LogP contribution in [0.15, 0.2) is 42.9 Å². The van der Waals surface area contributed by atoms with E-state index in [4.69, 9.17) is 5.73 Å². The van der Waals surface area contributed by atoms with E-state index in [1.165, 1.54) is 6.33 Å². The molecule has 1 aromatic heterocycles. The molecule has 0 bridgehead atoms. The molecule has 20 heavy (non-hydrogen) atoms. The molecule has 2 aromatic rings. The molecular weight excluding hydrogens is 276 g/mol. The maximum atomic E-state index is 12.0. The molecule has 0 aliphatic carbocycles. The highest BCUT2D eigenvalue weighted by molar-refractivity contribution is 7.88. The van der Waals surface area contributed by atoms with Crippen molar-refractivity contribution in [2.75, 3.05) is 0 Å². The number of rotatable bonds is 6. The summed E-state index contributed by atoms with van der Waals surface area (Å²) >= 11 is 0. The van der Waals surface area contributed by atoms with Gasteiger partial charge in [-0.1, -0.05) is 24.3 Å². The van der Waals surface area contributed by atoms with E-state index in [0.717, 1.165) is 5.56 Å². The second-order valence-corrected chi connectivity index (χ2v) is 6.06. The van der Waals surface area contributed by atoms with E-state index in [2.05, 4.69) is 14.7 Å². The maximum Gasteiger partial charge on any atom is 0.216 e. The number of sulfonamides is 1. The van der Waals surface area contributed by atoms with Gasteiger partial charge in [-0.3, -0.25) is 0 Å². The van der Waals surface area contributed by atoms with Crippen molar-refractivity contribution < 1.29 is 8.42 Å². The molecule has 0 fully saturated rings. The van der Waals surface area contributed by atoms with E-state index in [0.29, 0.717) is 17.8 Å². The molecule has 0 unspecified atom stereocenters. The minimum Gasteiger partial charge on any atom is -0.326 e. The van der Waals surface area contributed by atoms with E-state index >= 15 is 0 Å². The number of aromatic nitrogens is 2. The highest BCUT2D eigenvalue weighted by Crippen LogP contribution is 2.11. The van der Waals surface area contributed by atoms with E-state index in [-0.39, 0.29) is 12.3 Å². The third-order valence-electron chi connectivity index (χ3n) is 2.80. The Morgan fingerprint density at radius 2 is 1.90 bits per heavy atom. The first-order chi connectivity index (χ1) is 9.61. The van der Waals surface area contributed by atoms with Crippen LogP contribution in [0.1, 0.15) is 16.8 Å². The highest BCUT2D eigenvalue weighted by atomic mass is 32.2. The van der Waals surface area contributed by atoms with Gasteiger partial charge in [-0.15, -0.1) is 0 Å². The van der Waals surface area contributed by atoms with Gasteiger partial charge in [0.25, 0.3) is 0 Å². The van der Waals surface area contributed by atoms with Crippen LogP contribution in [0.2, 0.25) is 0 Å². The molecule has 2 rings (SSSR count). The first-order valence-electron chi connectivity index (χ1n) is 6.10. The van der Waals surface area contributed by atoms with Gasteiger partial charge in [0.15, 0.2) is 0 Å². The van der Waals surface area contributed by atoms with Crippen LogP contribution in [0, 0.1) is 0 Å². The lowest BCUT2D eigenvalue weighted by Gasteiger charge is -2.09. The van der Waals surface area contributed by atoms with Gasteiger partial charge in [-0.25, -0.2) is 23.1 Å². The van der Waals surface area contributed by atoms with Crippen molar-refractivity contribution in [1.29, 1.82) is 0 Å². The second-order valence-electron chi connectivity index (χ2n) is 4.25. The predicted molar refractivity (Wildman–Crippen MR) is 75.8 cm³/mol. The predicted octanol–water partition coefficient (Wildman–Crippen LogP) is 0.555. The summed E-state index contributed by atoms with van der Waals surface area (Å²) in [5, 5.41) is 0. The fraction of sp³-hybridized carbons (Fsp3) is 0.231. The molecule has 0 spiro atoms. The fourth-order valence-electron chi connectivity index (χ4n) is 1.76. The van der Waals surface area contributed by atoms with Crippen molar-refractivity contribution in [3.05, 3.63) is 59.7 Å². The van der Waals surface area contributed by atoms with Crippen LogP contribution >= 0.6 is 0 Å².